The van der Waals surface area contributed by atoms with Gasteiger partial charge in [-0.15, -0.1) is 0 Å². The number of rotatable bonds is 5. The van der Waals surface area contributed by atoms with Crippen LogP contribution in [0.25, 0.3) is 5.69 Å². The molecule has 7 nitrogen and oxygen atoms in total. The number of halogens is 2. The highest BCUT2D eigenvalue weighted by molar-refractivity contribution is 6.33. The van der Waals surface area contributed by atoms with Gasteiger partial charge in [0.2, 0.25) is 0 Å². The Bertz CT molecular complexity index is 1140. The number of benzene rings is 2. The molecule has 3 rings (SSSR count). The molecule has 0 unspecified atom stereocenters. The molecule has 0 saturated heterocycles. The van der Waals surface area contributed by atoms with Gasteiger partial charge in [-0.1, -0.05) is 11.6 Å². The van der Waals surface area contributed by atoms with Crippen molar-refractivity contribution in [1.29, 1.82) is 0 Å². The van der Waals surface area contributed by atoms with E-state index in [0.717, 1.165) is 17.0 Å². The van der Waals surface area contributed by atoms with Crippen molar-refractivity contribution in [3.63, 3.8) is 0 Å². The second-order valence-electron chi connectivity index (χ2n) is 6.46. The van der Waals surface area contributed by atoms with Gasteiger partial charge in [-0.25, -0.2) is 19.4 Å². The normalized spacial score (nSPS) is 10.9. The number of urea groups is 1. The van der Waals surface area contributed by atoms with Crippen molar-refractivity contribution in [3.8, 4) is 5.69 Å². The van der Waals surface area contributed by atoms with Crippen LogP contribution < -0.4 is 10.7 Å². The van der Waals surface area contributed by atoms with E-state index in [4.69, 9.17) is 11.6 Å². The molecule has 0 saturated carbocycles. The predicted molar refractivity (Wildman–Crippen MR) is 113 cm³/mol. The molecular formula is C21H18ClFN4O3. The molecule has 0 bridgehead atoms. The van der Waals surface area contributed by atoms with Gasteiger partial charge in [0.25, 0.3) is 0 Å². The maximum absolute atomic E-state index is 12.9. The minimum absolute atomic E-state index is 0.0102. The van der Waals surface area contributed by atoms with Crippen LogP contribution >= 0.6 is 11.6 Å². The van der Waals surface area contributed by atoms with E-state index in [1.165, 1.54) is 42.6 Å². The number of hydrogen-bond acceptors (Lipinski definition) is 3. The Balaban J connectivity index is 1.75. The third-order valence-electron chi connectivity index (χ3n) is 4.38. The fourth-order valence-electron chi connectivity index (χ4n) is 2.98. The van der Waals surface area contributed by atoms with E-state index in [1.54, 1.807) is 6.07 Å². The van der Waals surface area contributed by atoms with Crippen molar-refractivity contribution in [2.24, 2.45) is 5.10 Å². The summed E-state index contributed by atoms with van der Waals surface area (Å²) in [6.45, 7) is 3.72. The lowest BCUT2D eigenvalue weighted by atomic mass is 10.2. The summed E-state index contributed by atoms with van der Waals surface area (Å²) in [5, 5.41) is 15.9. The molecule has 2 amide bonds. The van der Waals surface area contributed by atoms with Crippen molar-refractivity contribution < 1.29 is 19.1 Å². The average molecular weight is 429 g/mol. The van der Waals surface area contributed by atoms with E-state index in [9.17, 15) is 19.1 Å². The number of carbonyl (C=O) groups is 2. The standard InChI is InChI=1S/C21H18ClFN4O3/c1-12-9-14(11-24-26-21(30)25-16-5-3-15(23)4-6-16)13(2)27(12)17-7-8-19(22)18(10-17)20(28)29/h3-11H,1-2H3,(H,28,29)(H2,25,26,30)/b24-11+. The Morgan fingerprint density at radius 1 is 1.13 bits per heavy atom. The maximum Gasteiger partial charge on any atom is 0.339 e. The van der Waals surface area contributed by atoms with Crippen LogP contribution in [0.4, 0.5) is 14.9 Å². The van der Waals surface area contributed by atoms with Gasteiger partial charge in [-0.2, -0.15) is 5.10 Å². The van der Waals surface area contributed by atoms with Crippen LogP contribution in [0.5, 0.6) is 0 Å². The Labute approximate surface area is 176 Å². The molecular weight excluding hydrogens is 411 g/mol. The molecule has 30 heavy (non-hydrogen) atoms. The smallest absolute Gasteiger partial charge is 0.339 e. The summed E-state index contributed by atoms with van der Waals surface area (Å²) in [6, 6.07) is 11.4. The number of nitrogens with zero attached hydrogens (tertiary/aromatic N) is 2. The largest absolute Gasteiger partial charge is 0.478 e. The van der Waals surface area contributed by atoms with Crippen LogP contribution in [0.15, 0.2) is 53.6 Å². The first kappa shape index (κ1) is 21.1. The molecule has 0 spiro atoms. The van der Waals surface area contributed by atoms with Gasteiger partial charge in [0.1, 0.15) is 5.82 Å². The van der Waals surface area contributed by atoms with Crippen LogP contribution in [-0.2, 0) is 0 Å². The fraction of sp³-hybridized carbons (Fsp3) is 0.0952. The second kappa shape index (κ2) is 8.79. The molecule has 2 aromatic carbocycles. The predicted octanol–water partition coefficient (Wildman–Crippen LogP) is 4.74. The average Bonchev–Trinajstić information content (AvgIpc) is 2.97. The monoisotopic (exact) mass is 428 g/mol. The van der Waals surface area contributed by atoms with E-state index in [0.29, 0.717) is 11.4 Å². The lowest BCUT2D eigenvalue weighted by molar-refractivity contribution is 0.0697. The number of amides is 2. The summed E-state index contributed by atoms with van der Waals surface area (Å²) < 4.78 is 14.8. The van der Waals surface area contributed by atoms with Crippen molar-refractivity contribution in [2.45, 2.75) is 13.8 Å². The van der Waals surface area contributed by atoms with Crippen LogP contribution in [0, 0.1) is 19.7 Å². The molecule has 0 aliphatic carbocycles. The Morgan fingerprint density at radius 3 is 2.50 bits per heavy atom. The van der Waals surface area contributed by atoms with Gasteiger partial charge in [0.15, 0.2) is 0 Å². The number of carbonyl (C=O) groups excluding carboxylic acids is 1. The van der Waals surface area contributed by atoms with Gasteiger partial charge >= 0.3 is 12.0 Å². The van der Waals surface area contributed by atoms with Crippen LogP contribution in [-0.4, -0.2) is 27.9 Å². The van der Waals surface area contributed by atoms with Crippen LogP contribution in [0.2, 0.25) is 5.02 Å². The van der Waals surface area contributed by atoms with E-state index in [2.05, 4.69) is 15.8 Å². The highest BCUT2D eigenvalue weighted by Gasteiger charge is 2.14. The number of carboxylic acids is 1. The summed E-state index contributed by atoms with van der Waals surface area (Å²) in [5.74, 6) is -1.51. The maximum atomic E-state index is 12.9. The van der Waals surface area contributed by atoms with E-state index >= 15 is 0 Å². The summed E-state index contributed by atoms with van der Waals surface area (Å²) in [4.78, 5) is 23.2. The number of hydrazone groups is 1. The molecule has 0 radical (unpaired) electrons. The molecule has 0 aliphatic rings. The van der Waals surface area contributed by atoms with Gasteiger partial charge in [-0.3, -0.25) is 0 Å². The molecule has 0 atom stereocenters. The number of nitrogens with one attached hydrogen (secondary N) is 2. The first-order valence-electron chi connectivity index (χ1n) is 8.84. The Morgan fingerprint density at radius 2 is 1.83 bits per heavy atom. The van der Waals surface area contributed by atoms with E-state index < -0.39 is 17.8 Å². The zero-order valence-corrected chi connectivity index (χ0v) is 16.9. The number of aromatic carboxylic acids is 1. The first-order chi connectivity index (χ1) is 14.3. The molecule has 154 valence electrons. The van der Waals surface area contributed by atoms with Gasteiger partial charge in [0.05, 0.1) is 16.8 Å². The quantitative estimate of drug-likeness (QED) is 0.404. The zero-order chi connectivity index (χ0) is 21.8. The molecule has 1 heterocycles. The summed E-state index contributed by atoms with van der Waals surface area (Å²) in [5.41, 5.74) is 5.82. The lowest BCUT2D eigenvalue weighted by Crippen LogP contribution is -2.24. The van der Waals surface area contributed by atoms with Gasteiger partial charge in [0, 0.05) is 28.3 Å². The topological polar surface area (TPSA) is 95.7 Å². The summed E-state index contributed by atoms with van der Waals surface area (Å²) in [6.07, 6.45) is 1.48. The molecule has 3 N–H and O–H groups in total. The van der Waals surface area contributed by atoms with Crippen molar-refractivity contribution in [3.05, 3.63) is 81.9 Å². The van der Waals surface area contributed by atoms with Crippen molar-refractivity contribution in [1.82, 2.24) is 9.99 Å². The number of hydrogen-bond donors (Lipinski definition) is 3. The molecule has 1 aromatic heterocycles. The first-order valence-corrected chi connectivity index (χ1v) is 9.22. The summed E-state index contributed by atoms with van der Waals surface area (Å²) >= 11 is 5.95. The number of anilines is 1. The third-order valence-corrected chi connectivity index (χ3v) is 4.71. The Hall–Kier alpha value is -3.65. The molecule has 9 heteroatoms. The van der Waals surface area contributed by atoms with E-state index in [-0.39, 0.29) is 10.6 Å². The fourth-order valence-corrected chi connectivity index (χ4v) is 3.18. The molecule has 3 aromatic rings. The highest BCUT2D eigenvalue weighted by Crippen LogP contribution is 2.24. The zero-order valence-electron chi connectivity index (χ0n) is 16.1. The molecule has 0 fully saturated rings. The van der Waals surface area contributed by atoms with Crippen molar-refractivity contribution >= 4 is 35.5 Å². The lowest BCUT2D eigenvalue weighted by Gasteiger charge is -2.11. The third kappa shape index (κ3) is 4.66. The minimum Gasteiger partial charge on any atom is -0.478 e. The second-order valence-corrected chi connectivity index (χ2v) is 6.87. The minimum atomic E-state index is -1.11. The Kier molecular flexibility index (Phi) is 6.17. The van der Waals surface area contributed by atoms with Gasteiger partial charge in [-0.05, 0) is 62.4 Å². The molecule has 0 aliphatic heterocycles. The SMILES string of the molecule is Cc1cc(/C=N/NC(=O)Nc2ccc(F)cc2)c(C)n1-c1ccc(Cl)c(C(=O)O)c1. The van der Waals surface area contributed by atoms with E-state index in [1.807, 2.05) is 24.5 Å². The van der Waals surface area contributed by atoms with Crippen LogP contribution in [0.3, 0.4) is 0 Å². The number of carboxylic acid groups (broad SMARTS) is 1. The van der Waals surface area contributed by atoms with Gasteiger partial charge < -0.3 is 15.0 Å². The number of aryl methyl sites for hydroxylation is 1. The van der Waals surface area contributed by atoms with Crippen molar-refractivity contribution in [2.75, 3.05) is 5.32 Å². The van der Waals surface area contributed by atoms with Crippen LogP contribution in [0.1, 0.15) is 27.3 Å². The highest BCUT2D eigenvalue weighted by atomic mass is 35.5. The summed E-state index contributed by atoms with van der Waals surface area (Å²) in [7, 11) is 0. The number of aromatic nitrogens is 1.